The highest BCUT2D eigenvalue weighted by Gasteiger charge is 2.80. The first-order valence-electron chi connectivity index (χ1n) is 11.4. The first kappa shape index (κ1) is 20.8. The van der Waals surface area contributed by atoms with Crippen molar-refractivity contribution in [2.75, 3.05) is 20.2 Å². The summed E-state index contributed by atoms with van der Waals surface area (Å²) in [4.78, 5) is 11.2. The number of ether oxygens (including phenoxy) is 4. The van der Waals surface area contributed by atoms with Gasteiger partial charge in [-0.05, 0) is 43.1 Å². The number of ketones is 1. The minimum atomic E-state index is -0.946. The van der Waals surface area contributed by atoms with Gasteiger partial charge in [0, 0.05) is 17.3 Å². The van der Waals surface area contributed by atoms with Gasteiger partial charge in [-0.25, -0.2) is 0 Å². The van der Waals surface area contributed by atoms with Crippen LogP contribution >= 0.6 is 11.6 Å². The molecule has 2 spiro atoms. The third-order valence-corrected chi connectivity index (χ3v) is 10.9. The molecule has 170 valence electrons. The molecule has 4 fully saturated rings. The quantitative estimate of drug-likeness (QED) is 0.451. The zero-order chi connectivity index (χ0) is 21.9. The molecule has 2 saturated heterocycles. The molecule has 2 aliphatic heterocycles. The molecule has 2 saturated carbocycles. The third-order valence-electron chi connectivity index (χ3n) is 9.96. The summed E-state index contributed by atoms with van der Waals surface area (Å²) in [6.07, 6.45) is 7.56. The van der Waals surface area contributed by atoms with Crippen LogP contribution in [0.3, 0.4) is 0 Å². The Bertz CT molecular complexity index is 889. The number of rotatable bonds is 0. The van der Waals surface area contributed by atoms with Gasteiger partial charge in [-0.2, -0.15) is 0 Å². The molecule has 31 heavy (non-hydrogen) atoms. The van der Waals surface area contributed by atoms with Crippen LogP contribution in [0.4, 0.5) is 0 Å². The number of fused-ring (bicyclic) bond motifs is 7. The average Bonchev–Trinajstić information content (AvgIpc) is 3.40. The lowest BCUT2D eigenvalue weighted by Crippen LogP contribution is -2.71. The number of halogens is 1. The predicted octanol–water partition coefficient (Wildman–Crippen LogP) is 3.32. The van der Waals surface area contributed by atoms with Crippen LogP contribution in [0.5, 0.6) is 0 Å². The van der Waals surface area contributed by atoms with Crippen LogP contribution in [-0.4, -0.2) is 53.4 Å². The second-order valence-electron chi connectivity index (χ2n) is 10.9. The van der Waals surface area contributed by atoms with Crippen LogP contribution < -0.4 is 0 Å². The molecule has 0 bridgehead atoms. The summed E-state index contributed by atoms with van der Waals surface area (Å²) in [7, 11) is 0. The van der Waals surface area contributed by atoms with E-state index in [1.165, 1.54) is 0 Å². The van der Waals surface area contributed by atoms with E-state index in [0.29, 0.717) is 19.4 Å². The van der Waals surface area contributed by atoms with Crippen molar-refractivity contribution in [1.82, 2.24) is 0 Å². The largest absolute Gasteiger partial charge is 0.391 e. The Morgan fingerprint density at radius 2 is 1.94 bits per heavy atom. The predicted molar refractivity (Wildman–Crippen MR) is 112 cm³/mol. The van der Waals surface area contributed by atoms with Crippen molar-refractivity contribution < 1.29 is 28.8 Å². The Morgan fingerprint density at radius 3 is 2.68 bits per heavy atom. The van der Waals surface area contributed by atoms with E-state index < -0.39 is 33.2 Å². The Balaban J connectivity index is 1.49. The van der Waals surface area contributed by atoms with E-state index in [-0.39, 0.29) is 37.1 Å². The molecule has 6 aliphatic rings. The van der Waals surface area contributed by atoms with Crippen LogP contribution in [0.2, 0.25) is 0 Å². The molecule has 4 aliphatic carbocycles. The van der Waals surface area contributed by atoms with Crippen LogP contribution in [0.15, 0.2) is 23.8 Å². The number of aliphatic hydroxyl groups excluding tert-OH is 1. The fourth-order valence-electron chi connectivity index (χ4n) is 8.64. The first-order chi connectivity index (χ1) is 14.6. The minimum absolute atomic E-state index is 0.0416. The van der Waals surface area contributed by atoms with E-state index in [0.717, 1.165) is 18.4 Å². The molecule has 1 N–H and O–H groups in total. The van der Waals surface area contributed by atoms with Gasteiger partial charge in [-0.1, -0.05) is 38.5 Å². The second-order valence-corrected chi connectivity index (χ2v) is 11.5. The van der Waals surface area contributed by atoms with Crippen molar-refractivity contribution in [2.24, 2.45) is 28.6 Å². The summed E-state index contributed by atoms with van der Waals surface area (Å²) >= 11 is 7.53. The van der Waals surface area contributed by atoms with Gasteiger partial charge >= 0.3 is 0 Å². The molecule has 0 amide bonds. The summed E-state index contributed by atoms with van der Waals surface area (Å²) in [5, 5.41) is 11.8. The monoisotopic (exact) mass is 450 g/mol. The maximum Gasteiger partial charge on any atom is 0.227 e. The van der Waals surface area contributed by atoms with Crippen LogP contribution in [-0.2, 0) is 23.7 Å². The van der Waals surface area contributed by atoms with Gasteiger partial charge in [-0.15, -0.1) is 11.6 Å². The SMILES string of the molecule is C[C@H]1C[C@H]2[C@@H]3CC=C4CC(=O)C=C[C@]4(C)[C@@]3(Cl)[C@@H](O)C[C@]2(C)[C@]12OCOC21COCO1. The number of carbonyl (C=O) groups is 1. The van der Waals surface area contributed by atoms with Gasteiger partial charge in [0.1, 0.15) is 12.2 Å². The molecule has 9 atom stereocenters. The second kappa shape index (κ2) is 6.22. The lowest BCUT2D eigenvalue weighted by molar-refractivity contribution is -0.263. The standard InChI is InChI=1S/C24H31ClO6/c1-14-8-18-17-5-4-15-9-16(26)6-7-20(15,2)23(17,25)19(27)10-21(18,3)24(14)22(30-13-31-24)11-28-12-29-22/h4,6-7,14,17-19,27H,5,8-13H2,1-3H3/t14-,17-,18-,19-,20-,21-,22?,23-,24+/m0/s1. The lowest BCUT2D eigenvalue weighted by atomic mass is 9.46. The molecule has 7 heteroatoms. The summed E-state index contributed by atoms with van der Waals surface area (Å²) in [5.41, 5.74) is -0.611. The molecule has 6 nitrogen and oxygen atoms in total. The maximum absolute atomic E-state index is 12.1. The van der Waals surface area contributed by atoms with Crippen molar-refractivity contribution in [1.29, 1.82) is 0 Å². The number of alkyl halides is 1. The van der Waals surface area contributed by atoms with Gasteiger partial charge in [0.25, 0.3) is 0 Å². The first-order valence-corrected chi connectivity index (χ1v) is 11.8. The molecule has 0 radical (unpaired) electrons. The topological polar surface area (TPSA) is 74.2 Å². The van der Waals surface area contributed by atoms with Gasteiger partial charge < -0.3 is 24.1 Å². The highest BCUT2D eigenvalue weighted by atomic mass is 35.5. The van der Waals surface area contributed by atoms with E-state index in [1.54, 1.807) is 6.08 Å². The van der Waals surface area contributed by atoms with Gasteiger partial charge in [0.2, 0.25) is 5.79 Å². The molecular formula is C24H31ClO6. The van der Waals surface area contributed by atoms with E-state index >= 15 is 0 Å². The lowest BCUT2D eigenvalue weighted by Gasteiger charge is -2.64. The van der Waals surface area contributed by atoms with Crippen molar-refractivity contribution in [2.45, 2.75) is 68.8 Å². The summed E-state index contributed by atoms with van der Waals surface area (Å²) in [5.74, 6) is -0.437. The Hall–Kier alpha value is -0.760. The Morgan fingerprint density at radius 1 is 1.16 bits per heavy atom. The van der Waals surface area contributed by atoms with Crippen molar-refractivity contribution in [3.05, 3.63) is 23.8 Å². The molecule has 0 aromatic carbocycles. The minimum Gasteiger partial charge on any atom is -0.391 e. The number of aliphatic hydroxyl groups is 1. The summed E-state index contributed by atoms with van der Waals surface area (Å²) < 4.78 is 24.3. The van der Waals surface area contributed by atoms with Crippen molar-refractivity contribution >= 4 is 17.4 Å². The molecule has 0 aromatic rings. The smallest absolute Gasteiger partial charge is 0.227 e. The molecule has 2 heterocycles. The van der Waals surface area contributed by atoms with E-state index in [4.69, 9.17) is 30.5 Å². The Kier molecular flexibility index (Phi) is 4.18. The van der Waals surface area contributed by atoms with Crippen LogP contribution in [0, 0.1) is 28.6 Å². The number of hydrogen-bond donors (Lipinski definition) is 1. The average molecular weight is 451 g/mol. The zero-order valence-corrected chi connectivity index (χ0v) is 19.1. The van der Waals surface area contributed by atoms with Crippen LogP contribution in [0.1, 0.15) is 46.5 Å². The van der Waals surface area contributed by atoms with Gasteiger partial charge in [-0.3, -0.25) is 4.79 Å². The summed E-state index contributed by atoms with van der Waals surface area (Å²) in [6.45, 7) is 7.20. The summed E-state index contributed by atoms with van der Waals surface area (Å²) in [6, 6.07) is 0. The number of carbonyl (C=O) groups excluding carboxylic acids is 1. The number of allylic oxidation sites excluding steroid dienone is 4. The zero-order valence-electron chi connectivity index (χ0n) is 18.4. The molecule has 6 rings (SSSR count). The highest BCUT2D eigenvalue weighted by molar-refractivity contribution is 6.26. The van der Waals surface area contributed by atoms with E-state index in [9.17, 15) is 9.90 Å². The fraction of sp³-hybridized carbons (Fsp3) is 0.792. The molecular weight excluding hydrogens is 420 g/mol. The Labute approximate surface area is 187 Å². The highest BCUT2D eigenvalue weighted by Crippen LogP contribution is 2.74. The maximum atomic E-state index is 12.1. The van der Waals surface area contributed by atoms with E-state index in [2.05, 4.69) is 26.8 Å². The molecule has 1 unspecified atom stereocenters. The van der Waals surface area contributed by atoms with E-state index in [1.807, 2.05) is 6.08 Å². The van der Waals surface area contributed by atoms with Gasteiger partial charge in [0.15, 0.2) is 19.4 Å². The third kappa shape index (κ3) is 2.12. The van der Waals surface area contributed by atoms with Gasteiger partial charge in [0.05, 0.1) is 11.0 Å². The molecule has 0 aromatic heterocycles. The van der Waals surface area contributed by atoms with Crippen molar-refractivity contribution in [3.63, 3.8) is 0 Å². The van der Waals surface area contributed by atoms with Crippen molar-refractivity contribution in [3.8, 4) is 0 Å². The fourth-order valence-corrected chi connectivity index (χ4v) is 9.15. The normalized spacial score (nSPS) is 57.8. The van der Waals surface area contributed by atoms with Crippen LogP contribution in [0.25, 0.3) is 0 Å². The number of hydrogen-bond acceptors (Lipinski definition) is 6.